The second-order valence-corrected chi connectivity index (χ2v) is 6.29. The summed E-state index contributed by atoms with van der Waals surface area (Å²) in [5, 5.41) is 7.78. The zero-order chi connectivity index (χ0) is 15.1. The summed E-state index contributed by atoms with van der Waals surface area (Å²) in [5.41, 5.74) is 1.19. The highest BCUT2D eigenvalue weighted by Crippen LogP contribution is 2.16. The first-order chi connectivity index (χ1) is 10.1. The number of halogens is 1. The Morgan fingerprint density at radius 1 is 1.24 bits per heavy atom. The van der Waals surface area contributed by atoms with E-state index in [9.17, 15) is 0 Å². The first-order valence-corrected chi connectivity index (χ1v) is 8.04. The van der Waals surface area contributed by atoms with E-state index in [1.165, 1.54) is 5.69 Å². The Bertz CT molecular complexity index is 537. The molecule has 0 bridgehead atoms. The molecule has 4 nitrogen and oxygen atoms in total. The van der Waals surface area contributed by atoms with Crippen molar-refractivity contribution in [3.05, 3.63) is 46.7 Å². The molecule has 1 heterocycles. The summed E-state index contributed by atoms with van der Waals surface area (Å²) in [4.78, 5) is 0. The van der Waals surface area contributed by atoms with Gasteiger partial charge in [0.25, 0.3) is 0 Å². The molecule has 0 amide bonds. The van der Waals surface area contributed by atoms with Crippen molar-refractivity contribution in [3.63, 3.8) is 0 Å². The average Bonchev–Trinajstić information content (AvgIpc) is 2.88. The highest BCUT2D eigenvalue weighted by atomic mass is 79.9. The van der Waals surface area contributed by atoms with E-state index in [4.69, 9.17) is 4.74 Å². The summed E-state index contributed by atoms with van der Waals surface area (Å²) in [7, 11) is 0. The average molecular weight is 352 g/mol. The van der Waals surface area contributed by atoms with Crippen LogP contribution in [0.2, 0.25) is 0 Å². The fraction of sp³-hybridized carbons (Fsp3) is 0.438. The lowest BCUT2D eigenvalue weighted by atomic mass is 10.2. The molecule has 0 fully saturated rings. The van der Waals surface area contributed by atoms with Crippen LogP contribution in [0.15, 0.2) is 41.0 Å². The third kappa shape index (κ3) is 5.52. The van der Waals surface area contributed by atoms with E-state index in [0.29, 0.717) is 12.5 Å². The Morgan fingerprint density at radius 2 is 2.00 bits per heavy atom. The normalized spacial score (nSPS) is 11.0. The number of nitrogens with zero attached hydrogens (tertiary/aromatic N) is 2. The van der Waals surface area contributed by atoms with Gasteiger partial charge >= 0.3 is 0 Å². The molecule has 0 saturated heterocycles. The minimum absolute atomic E-state index is 0.612. The molecular formula is C16H22BrN3O. The van der Waals surface area contributed by atoms with Crippen molar-refractivity contribution in [3.8, 4) is 5.75 Å². The van der Waals surface area contributed by atoms with Gasteiger partial charge in [0.2, 0.25) is 0 Å². The summed E-state index contributed by atoms with van der Waals surface area (Å²) in [6.07, 6.45) is 1.84. The van der Waals surface area contributed by atoms with Gasteiger partial charge in [-0.25, -0.2) is 0 Å². The summed E-state index contributed by atoms with van der Waals surface area (Å²) in [5.74, 6) is 1.53. The van der Waals surface area contributed by atoms with Gasteiger partial charge in [-0.15, -0.1) is 0 Å². The standard InChI is InChI=1S/C16H22BrN3O/c1-13(2)11-18-12-15-7-8-19-20(15)9-10-21-16-5-3-14(17)4-6-16/h3-8,13,18H,9-12H2,1-2H3. The van der Waals surface area contributed by atoms with Crippen LogP contribution in [0.4, 0.5) is 0 Å². The maximum Gasteiger partial charge on any atom is 0.119 e. The quantitative estimate of drug-likeness (QED) is 0.791. The number of hydrogen-bond donors (Lipinski definition) is 1. The molecule has 1 aromatic heterocycles. The van der Waals surface area contributed by atoms with Crippen molar-refractivity contribution in [2.45, 2.75) is 26.9 Å². The van der Waals surface area contributed by atoms with Gasteiger partial charge in [0.15, 0.2) is 0 Å². The van der Waals surface area contributed by atoms with Crippen molar-refractivity contribution in [1.82, 2.24) is 15.1 Å². The minimum Gasteiger partial charge on any atom is -0.492 e. The lowest BCUT2D eigenvalue weighted by Crippen LogP contribution is -2.22. The van der Waals surface area contributed by atoms with Crippen LogP contribution in [-0.4, -0.2) is 22.9 Å². The van der Waals surface area contributed by atoms with E-state index in [0.717, 1.165) is 29.9 Å². The van der Waals surface area contributed by atoms with Gasteiger partial charge in [-0.3, -0.25) is 4.68 Å². The summed E-state index contributed by atoms with van der Waals surface area (Å²) < 4.78 is 8.78. The molecule has 1 N–H and O–H groups in total. The van der Waals surface area contributed by atoms with E-state index in [1.54, 1.807) is 0 Å². The second-order valence-electron chi connectivity index (χ2n) is 5.37. The van der Waals surface area contributed by atoms with E-state index in [1.807, 2.05) is 41.2 Å². The van der Waals surface area contributed by atoms with E-state index < -0.39 is 0 Å². The number of benzene rings is 1. The molecule has 21 heavy (non-hydrogen) atoms. The Hall–Kier alpha value is -1.33. The van der Waals surface area contributed by atoms with Crippen molar-refractivity contribution in [2.24, 2.45) is 5.92 Å². The van der Waals surface area contributed by atoms with Gasteiger partial charge in [-0.1, -0.05) is 29.8 Å². The zero-order valence-corrected chi connectivity index (χ0v) is 14.1. The molecular weight excluding hydrogens is 330 g/mol. The molecule has 1 aromatic carbocycles. The monoisotopic (exact) mass is 351 g/mol. The lowest BCUT2D eigenvalue weighted by Gasteiger charge is -2.11. The van der Waals surface area contributed by atoms with Gasteiger partial charge in [0.05, 0.1) is 12.2 Å². The minimum atomic E-state index is 0.612. The maximum absolute atomic E-state index is 5.73. The Kier molecular flexibility index (Phi) is 6.26. The molecule has 0 atom stereocenters. The van der Waals surface area contributed by atoms with Crippen LogP contribution >= 0.6 is 15.9 Å². The number of hydrogen-bond acceptors (Lipinski definition) is 3. The Balaban J connectivity index is 1.78. The van der Waals surface area contributed by atoms with Gasteiger partial charge in [-0.05, 0) is 42.8 Å². The molecule has 0 aliphatic rings. The lowest BCUT2D eigenvalue weighted by molar-refractivity contribution is 0.288. The predicted molar refractivity (Wildman–Crippen MR) is 88.4 cm³/mol. The van der Waals surface area contributed by atoms with Crippen molar-refractivity contribution in [1.29, 1.82) is 0 Å². The summed E-state index contributed by atoms with van der Waals surface area (Å²) in [6.45, 7) is 7.63. The van der Waals surface area contributed by atoms with Gasteiger partial charge in [-0.2, -0.15) is 5.10 Å². The molecule has 2 rings (SSSR count). The molecule has 0 aliphatic carbocycles. The molecule has 0 unspecified atom stereocenters. The smallest absolute Gasteiger partial charge is 0.119 e. The fourth-order valence-electron chi connectivity index (χ4n) is 1.98. The molecule has 0 saturated carbocycles. The molecule has 0 radical (unpaired) electrons. The Morgan fingerprint density at radius 3 is 2.71 bits per heavy atom. The van der Waals surface area contributed by atoms with Crippen LogP contribution in [0.1, 0.15) is 19.5 Å². The maximum atomic E-state index is 5.73. The van der Waals surface area contributed by atoms with Crippen molar-refractivity contribution < 1.29 is 4.74 Å². The topological polar surface area (TPSA) is 39.1 Å². The highest BCUT2D eigenvalue weighted by molar-refractivity contribution is 9.10. The molecule has 0 aliphatic heterocycles. The second kappa shape index (κ2) is 8.20. The molecule has 2 aromatic rings. The fourth-order valence-corrected chi connectivity index (χ4v) is 2.25. The van der Waals surface area contributed by atoms with E-state index in [2.05, 4.69) is 40.2 Å². The highest BCUT2D eigenvalue weighted by Gasteiger charge is 2.03. The molecule has 5 heteroatoms. The summed E-state index contributed by atoms with van der Waals surface area (Å²) in [6, 6.07) is 9.92. The largest absolute Gasteiger partial charge is 0.492 e. The number of aromatic nitrogens is 2. The Labute approximate surface area is 134 Å². The van der Waals surface area contributed by atoms with Crippen LogP contribution in [0.25, 0.3) is 0 Å². The van der Waals surface area contributed by atoms with Gasteiger partial charge in [0.1, 0.15) is 12.4 Å². The zero-order valence-electron chi connectivity index (χ0n) is 12.6. The van der Waals surface area contributed by atoms with Crippen LogP contribution in [0.5, 0.6) is 5.75 Å². The van der Waals surface area contributed by atoms with Crippen LogP contribution in [0.3, 0.4) is 0 Å². The van der Waals surface area contributed by atoms with Crippen molar-refractivity contribution >= 4 is 15.9 Å². The van der Waals surface area contributed by atoms with Crippen LogP contribution in [-0.2, 0) is 13.1 Å². The summed E-state index contributed by atoms with van der Waals surface area (Å²) >= 11 is 3.41. The van der Waals surface area contributed by atoms with Crippen LogP contribution < -0.4 is 10.1 Å². The third-order valence-electron chi connectivity index (χ3n) is 3.05. The predicted octanol–water partition coefficient (Wildman–Crippen LogP) is 3.47. The first kappa shape index (κ1) is 16.0. The third-order valence-corrected chi connectivity index (χ3v) is 3.58. The van der Waals surface area contributed by atoms with Crippen LogP contribution in [0, 0.1) is 5.92 Å². The number of ether oxygens (including phenoxy) is 1. The number of rotatable bonds is 8. The van der Waals surface area contributed by atoms with E-state index >= 15 is 0 Å². The molecule has 114 valence electrons. The number of nitrogens with one attached hydrogen (secondary N) is 1. The van der Waals surface area contributed by atoms with Gasteiger partial charge < -0.3 is 10.1 Å². The molecule has 0 spiro atoms. The van der Waals surface area contributed by atoms with Gasteiger partial charge in [0, 0.05) is 17.2 Å². The first-order valence-electron chi connectivity index (χ1n) is 7.25. The van der Waals surface area contributed by atoms with Crippen molar-refractivity contribution in [2.75, 3.05) is 13.2 Å². The van der Waals surface area contributed by atoms with E-state index in [-0.39, 0.29) is 0 Å². The SMILES string of the molecule is CC(C)CNCc1ccnn1CCOc1ccc(Br)cc1.